The number of rotatable bonds is 6. The van der Waals surface area contributed by atoms with E-state index in [1.165, 1.54) is 17.0 Å². The molecule has 2 aliphatic rings. The molecule has 5 rings (SSSR count). The van der Waals surface area contributed by atoms with E-state index in [2.05, 4.69) is 4.72 Å². The molecule has 2 aliphatic heterocycles. The lowest BCUT2D eigenvalue weighted by Gasteiger charge is -2.31. The first-order valence-corrected chi connectivity index (χ1v) is 13.5. The summed E-state index contributed by atoms with van der Waals surface area (Å²) in [6.07, 6.45) is 0.914. The number of hydrogen-bond donors (Lipinski definition) is 2. The van der Waals surface area contributed by atoms with Gasteiger partial charge in [0.25, 0.3) is 17.2 Å². The number of halogens is 1. The summed E-state index contributed by atoms with van der Waals surface area (Å²) in [4.78, 5) is 30.9. The van der Waals surface area contributed by atoms with E-state index in [0.717, 1.165) is 11.1 Å². The van der Waals surface area contributed by atoms with Crippen LogP contribution >= 0.6 is 0 Å². The number of nitrogens with zero attached hydrogens (tertiary/aromatic N) is 2. The molecule has 3 atom stereocenters. The minimum atomic E-state index is -2.57. The van der Waals surface area contributed by atoms with Gasteiger partial charge in [0.2, 0.25) is 5.91 Å². The van der Waals surface area contributed by atoms with E-state index in [1.807, 2.05) is 65.6 Å². The van der Waals surface area contributed by atoms with Crippen LogP contribution in [0.15, 0.2) is 78.9 Å². The summed E-state index contributed by atoms with van der Waals surface area (Å²) >= 11 is -2.57. The van der Waals surface area contributed by atoms with E-state index in [-0.39, 0.29) is 24.9 Å². The van der Waals surface area contributed by atoms with Gasteiger partial charge in [0.05, 0.1) is 18.2 Å². The number of amides is 2. The highest BCUT2D eigenvalue weighted by Gasteiger charge is 2.45. The minimum Gasteiger partial charge on any atom is -0.491 e. The fourth-order valence-corrected chi connectivity index (χ4v) is 5.69. The van der Waals surface area contributed by atoms with Crippen molar-refractivity contribution in [3.8, 4) is 5.75 Å². The summed E-state index contributed by atoms with van der Waals surface area (Å²) in [6.45, 7) is 1.22. The van der Waals surface area contributed by atoms with Crippen molar-refractivity contribution in [1.82, 2.24) is 9.62 Å². The molecule has 0 radical (unpaired) electrons. The Bertz CT molecular complexity index is 1290. The second kappa shape index (κ2) is 11.3. The molecule has 3 unspecified atom stereocenters. The van der Waals surface area contributed by atoms with Gasteiger partial charge >= 0.3 is 0 Å². The second-order valence-electron chi connectivity index (χ2n) is 9.37. The number of nitrogens with one attached hydrogen (secondary N) is 1. The highest BCUT2D eigenvalue weighted by Crippen LogP contribution is 2.37. The van der Waals surface area contributed by atoms with Crippen LogP contribution in [0.3, 0.4) is 0 Å². The van der Waals surface area contributed by atoms with Gasteiger partial charge in [-0.1, -0.05) is 60.7 Å². The van der Waals surface area contributed by atoms with E-state index in [0.29, 0.717) is 31.0 Å². The Labute approximate surface area is 222 Å². The molecule has 0 aromatic heterocycles. The zero-order valence-corrected chi connectivity index (χ0v) is 21.4. The van der Waals surface area contributed by atoms with Gasteiger partial charge in [-0.25, -0.2) is 8.60 Å². The predicted molar refractivity (Wildman–Crippen MR) is 141 cm³/mol. The van der Waals surface area contributed by atoms with Crippen LogP contribution in [-0.4, -0.2) is 57.3 Å². The molecular weight excluding hydrogens is 509 g/mol. The topological polar surface area (TPSA) is 99.2 Å². The van der Waals surface area contributed by atoms with Crippen molar-refractivity contribution in [2.24, 2.45) is 0 Å². The molecule has 3 aromatic rings. The van der Waals surface area contributed by atoms with Crippen LogP contribution < -0.4 is 14.4 Å². The second-order valence-corrected chi connectivity index (χ2v) is 10.1. The predicted octanol–water partition coefficient (Wildman–Crippen LogP) is 3.47. The average Bonchev–Trinajstić information content (AvgIpc) is 3.25. The molecule has 0 aliphatic carbocycles. The van der Waals surface area contributed by atoms with Gasteiger partial charge in [-0.3, -0.25) is 18.9 Å². The molecule has 2 amide bonds. The molecule has 1 fully saturated rings. The van der Waals surface area contributed by atoms with Crippen molar-refractivity contribution in [1.29, 1.82) is 0 Å². The smallest absolute Gasteiger partial charge is 0.261 e. The summed E-state index contributed by atoms with van der Waals surface area (Å²) in [5.74, 6) is -1.65. The normalized spacial score (nSPS) is 19.9. The number of likely N-dealkylation sites (tertiary alicyclic amines) is 1. The van der Waals surface area contributed by atoms with Crippen LogP contribution in [0.5, 0.6) is 5.75 Å². The van der Waals surface area contributed by atoms with Gasteiger partial charge in [0, 0.05) is 25.2 Å². The maximum absolute atomic E-state index is 14.2. The number of fused-ring (bicyclic) bond motifs is 1. The Morgan fingerprint density at radius 1 is 1.03 bits per heavy atom. The van der Waals surface area contributed by atoms with E-state index >= 15 is 0 Å². The van der Waals surface area contributed by atoms with Crippen molar-refractivity contribution < 1.29 is 27.5 Å². The molecule has 198 valence electrons. The number of carbonyl (C=O) groups is 2. The van der Waals surface area contributed by atoms with Crippen molar-refractivity contribution >= 4 is 28.8 Å². The summed E-state index contributed by atoms with van der Waals surface area (Å²) in [5.41, 5.74) is 2.25. The van der Waals surface area contributed by atoms with Crippen LogP contribution in [0, 0.1) is 5.82 Å². The van der Waals surface area contributed by atoms with Gasteiger partial charge in [-0.2, -0.15) is 0 Å². The van der Waals surface area contributed by atoms with Gasteiger partial charge in [-0.15, -0.1) is 0 Å². The summed E-state index contributed by atoms with van der Waals surface area (Å²) in [6, 6.07) is 21.8. The summed E-state index contributed by atoms with van der Waals surface area (Å²) < 4.78 is 42.6. The van der Waals surface area contributed by atoms with E-state index in [4.69, 9.17) is 4.74 Å². The summed E-state index contributed by atoms with van der Waals surface area (Å²) in [7, 11) is 0. The Hall–Kier alpha value is -3.76. The first-order chi connectivity index (χ1) is 18.4. The zero-order chi connectivity index (χ0) is 26.6. The van der Waals surface area contributed by atoms with Crippen molar-refractivity contribution in [2.75, 3.05) is 24.6 Å². The lowest BCUT2D eigenvalue weighted by molar-refractivity contribution is -0.138. The molecule has 1 saturated heterocycles. The number of carbonyl (C=O) groups excluding carboxylic acids is 2. The lowest BCUT2D eigenvalue weighted by atomic mass is 9.90. The molecule has 8 nitrogen and oxygen atoms in total. The van der Waals surface area contributed by atoms with Crippen molar-refractivity contribution in [3.05, 3.63) is 95.8 Å². The Morgan fingerprint density at radius 2 is 1.68 bits per heavy atom. The maximum atomic E-state index is 14.2. The van der Waals surface area contributed by atoms with Crippen LogP contribution in [0.25, 0.3) is 0 Å². The first-order valence-electron chi connectivity index (χ1n) is 12.4. The number of benzene rings is 3. The van der Waals surface area contributed by atoms with Crippen LogP contribution in [0.4, 0.5) is 10.1 Å². The van der Waals surface area contributed by atoms with E-state index in [1.54, 1.807) is 6.07 Å². The third-order valence-electron chi connectivity index (χ3n) is 7.04. The molecule has 2 heterocycles. The first kappa shape index (κ1) is 25.9. The highest BCUT2D eigenvalue weighted by molar-refractivity contribution is 7.77. The molecule has 0 bridgehead atoms. The molecule has 38 heavy (non-hydrogen) atoms. The average molecular weight is 538 g/mol. The van der Waals surface area contributed by atoms with Crippen molar-refractivity contribution in [2.45, 2.75) is 30.8 Å². The molecule has 0 spiro atoms. The fourth-order valence-electron chi connectivity index (χ4n) is 5.38. The van der Waals surface area contributed by atoms with Crippen LogP contribution in [-0.2, 0) is 20.9 Å². The SMILES string of the molecule is O=C(NS(=O)O)C1CC(N2CCCOc3cc(F)ccc32)CN1C(=O)C(c1ccccc1)c1ccccc1. The fraction of sp³-hybridized carbons (Fsp3) is 0.286. The van der Waals surface area contributed by atoms with Crippen molar-refractivity contribution in [3.63, 3.8) is 0 Å². The Kier molecular flexibility index (Phi) is 7.71. The Balaban J connectivity index is 1.52. The third-order valence-corrected chi connectivity index (χ3v) is 7.41. The van der Waals surface area contributed by atoms with Gasteiger partial charge in [-0.05, 0) is 36.1 Å². The van der Waals surface area contributed by atoms with Crippen LogP contribution in [0.2, 0.25) is 0 Å². The third kappa shape index (κ3) is 5.41. The maximum Gasteiger partial charge on any atom is 0.261 e. The van der Waals surface area contributed by atoms with E-state index < -0.39 is 35.0 Å². The van der Waals surface area contributed by atoms with E-state index in [9.17, 15) is 22.7 Å². The number of anilines is 1. The molecule has 2 N–H and O–H groups in total. The van der Waals surface area contributed by atoms with Gasteiger partial charge in [0.15, 0.2) is 0 Å². The molecule has 10 heteroatoms. The van der Waals surface area contributed by atoms with Crippen LogP contribution in [0.1, 0.15) is 29.9 Å². The monoisotopic (exact) mass is 537 g/mol. The molecule has 0 saturated carbocycles. The number of ether oxygens (including phenoxy) is 1. The quantitative estimate of drug-likeness (QED) is 0.468. The highest BCUT2D eigenvalue weighted by atomic mass is 32.2. The number of hydrogen-bond acceptors (Lipinski definition) is 5. The largest absolute Gasteiger partial charge is 0.491 e. The Morgan fingerprint density at radius 3 is 2.32 bits per heavy atom. The van der Waals surface area contributed by atoms with Gasteiger partial charge in [0.1, 0.15) is 17.6 Å². The molecular formula is C28H28FN3O5S. The zero-order valence-electron chi connectivity index (χ0n) is 20.5. The summed E-state index contributed by atoms with van der Waals surface area (Å²) in [5, 5.41) is 0. The molecule has 3 aromatic carbocycles. The van der Waals surface area contributed by atoms with Gasteiger partial charge < -0.3 is 14.5 Å². The standard InChI is InChI=1S/C28H28FN3O5S/c29-21-12-13-23-25(16-21)37-15-7-14-31(23)22-17-24(27(33)30-38(35)36)32(18-22)28(34)26(19-8-3-1-4-9-19)20-10-5-2-6-11-20/h1-6,8-13,16,22,24,26H,7,14-15,17-18H2,(H,30,33)(H,35,36). The lowest BCUT2D eigenvalue weighted by Crippen LogP contribution is -2.48. The minimum absolute atomic E-state index is 0.210.